The monoisotopic (exact) mass is 357 g/mol. The Morgan fingerprint density at radius 1 is 1.27 bits per heavy atom. The maximum absolute atomic E-state index is 13.6. The number of carbonyl (C=O) groups is 1. The molecule has 1 amide bonds. The lowest BCUT2D eigenvalue weighted by atomic mass is 10.1. The maximum Gasteiger partial charge on any atom is 0.264 e. The van der Waals surface area contributed by atoms with E-state index in [1.54, 1.807) is 16.8 Å². The van der Waals surface area contributed by atoms with Crippen molar-refractivity contribution < 1.29 is 9.18 Å². The summed E-state index contributed by atoms with van der Waals surface area (Å²) in [5.41, 5.74) is 0.0659. The molecule has 0 unspecified atom stereocenters. The number of benzene rings is 1. The van der Waals surface area contributed by atoms with Gasteiger partial charge in [-0.15, -0.1) is 0 Å². The molecule has 7 nitrogen and oxygen atoms in total. The SMILES string of the molecule is CC(C)(C)n1ncc2c(=O)n(CCC(=O)Nc3ccccc3F)cnc21. The van der Waals surface area contributed by atoms with E-state index in [0.717, 1.165) is 0 Å². The molecule has 0 fully saturated rings. The van der Waals surface area contributed by atoms with Crippen molar-refractivity contribution in [1.82, 2.24) is 19.3 Å². The fourth-order valence-corrected chi connectivity index (χ4v) is 2.60. The van der Waals surface area contributed by atoms with Crippen LogP contribution < -0.4 is 10.9 Å². The number of rotatable bonds is 4. The molecule has 0 saturated heterocycles. The highest BCUT2D eigenvalue weighted by molar-refractivity contribution is 5.90. The molecule has 1 aromatic carbocycles. The second kappa shape index (κ2) is 6.70. The van der Waals surface area contributed by atoms with Gasteiger partial charge in [0.15, 0.2) is 5.65 Å². The smallest absolute Gasteiger partial charge is 0.264 e. The van der Waals surface area contributed by atoms with Gasteiger partial charge >= 0.3 is 0 Å². The minimum atomic E-state index is -0.504. The van der Waals surface area contributed by atoms with Gasteiger partial charge in [-0.3, -0.25) is 14.2 Å². The van der Waals surface area contributed by atoms with Crippen LogP contribution in [0.5, 0.6) is 0 Å². The van der Waals surface area contributed by atoms with Crippen molar-refractivity contribution in [3.63, 3.8) is 0 Å². The quantitative estimate of drug-likeness (QED) is 0.778. The Hall–Kier alpha value is -3.03. The van der Waals surface area contributed by atoms with E-state index in [4.69, 9.17) is 0 Å². The summed E-state index contributed by atoms with van der Waals surface area (Å²) < 4.78 is 16.6. The number of fused-ring (bicyclic) bond motifs is 1. The van der Waals surface area contributed by atoms with Gasteiger partial charge in [-0.05, 0) is 32.9 Å². The summed E-state index contributed by atoms with van der Waals surface area (Å²) in [6, 6.07) is 5.93. The van der Waals surface area contributed by atoms with Gasteiger partial charge in [-0.25, -0.2) is 14.1 Å². The van der Waals surface area contributed by atoms with E-state index in [9.17, 15) is 14.0 Å². The highest BCUT2D eigenvalue weighted by Gasteiger charge is 2.19. The summed E-state index contributed by atoms with van der Waals surface area (Å²) in [6.07, 6.45) is 2.92. The Bertz CT molecular complexity index is 1020. The van der Waals surface area contributed by atoms with Crippen LogP contribution in [0, 0.1) is 5.82 Å². The molecule has 0 radical (unpaired) electrons. The van der Waals surface area contributed by atoms with Crippen LogP contribution in [0.3, 0.4) is 0 Å². The van der Waals surface area contributed by atoms with Crippen LogP contribution in [0.1, 0.15) is 27.2 Å². The predicted octanol–water partition coefficient (Wildman–Crippen LogP) is 2.52. The summed E-state index contributed by atoms with van der Waals surface area (Å²) in [7, 11) is 0. The number of para-hydroxylation sites is 1. The number of hydrogen-bond donors (Lipinski definition) is 1. The fourth-order valence-electron chi connectivity index (χ4n) is 2.60. The standard InChI is InChI=1S/C18H20FN5O2/c1-18(2,3)24-16-12(10-21-24)17(26)23(11-20-16)9-8-15(25)22-14-7-5-4-6-13(14)19/h4-7,10-11H,8-9H2,1-3H3,(H,22,25). The average Bonchev–Trinajstić information content (AvgIpc) is 3.01. The third-order valence-electron chi connectivity index (χ3n) is 3.92. The highest BCUT2D eigenvalue weighted by atomic mass is 19.1. The number of carbonyl (C=O) groups excluding carboxylic acids is 1. The number of nitrogens with one attached hydrogen (secondary N) is 1. The van der Waals surface area contributed by atoms with Crippen molar-refractivity contribution >= 4 is 22.6 Å². The van der Waals surface area contributed by atoms with Gasteiger partial charge in [0.1, 0.15) is 11.2 Å². The van der Waals surface area contributed by atoms with E-state index < -0.39 is 5.82 Å². The number of nitrogens with zero attached hydrogens (tertiary/aromatic N) is 4. The predicted molar refractivity (Wildman–Crippen MR) is 96.4 cm³/mol. The molecular weight excluding hydrogens is 337 g/mol. The van der Waals surface area contributed by atoms with Crippen molar-refractivity contribution in [2.24, 2.45) is 0 Å². The Kier molecular flexibility index (Phi) is 4.58. The van der Waals surface area contributed by atoms with Crippen LogP contribution in [0.2, 0.25) is 0 Å². The average molecular weight is 357 g/mol. The Labute approximate surface area is 149 Å². The zero-order valence-electron chi connectivity index (χ0n) is 14.9. The molecule has 3 rings (SSSR count). The van der Waals surface area contributed by atoms with Crippen molar-refractivity contribution in [2.75, 3.05) is 5.32 Å². The molecule has 0 aliphatic rings. The summed E-state index contributed by atoms with van der Waals surface area (Å²) in [5, 5.41) is 7.14. The van der Waals surface area contributed by atoms with Gasteiger partial charge < -0.3 is 5.32 Å². The molecular formula is C18H20FN5O2. The van der Waals surface area contributed by atoms with Gasteiger partial charge in [0.25, 0.3) is 5.56 Å². The van der Waals surface area contributed by atoms with Gasteiger partial charge in [0.05, 0.1) is 23.8 Å². The molecule has 26 heavy (non-hydrogen) atoms. The van der Waals surface area contributed by atoms with Crippen LogP contribution in [-0.4, -0.2) is 25.2 Å². The van der Waals surface area contributed by atoms with Crippen molar-refractivity contribution in [3.05, 3.63) is 53.0 Å². The Balaban J connectivity index is 1.75. The number of anilines is 1. The van der Waals surface area contributed by atoms with Crippen LogP contribution in [0.25, 0.3) is 11.0 Å². The van der Waals surface area contributed by atoms with Gasteiger partial charge in [0.2, 0.25) is 5.91 Å². The summed E-state index contributed by atoms with van der Waals surface area (Å²) in [4.78, 5) is 28.9. The molecule has 0 atom stereocenters. The largest absolute Gasteiger partial charge is 0.324 e. The second-order valence-corrected chi connectivity index (χ2v) is 6.99. The van der Waals surface area contributed by atoms with E-state index >= 15 is 0 Å². The van der Waals surface area contributed by atoms with Crippen molar-refractivity contribution in [2.45, 2.75) is 39.3 Å². The highest BCUT2D eigenvalue weighted by Crippen LogP contribution is 2.17. The zero-order chi connectivity index (χ0) is 18.9. The van der Waals surface area contributed by atoms with E-state index in [-0.39, 0.29) is 35.7 Å². The van der Waals surface area contributed by atoms with E-state index in [1.165, 1.54) is 29.2 Å². The summed E-state index contributed by atoms with van der Waals surface area (Å²) in [6.45, 7) is 6.06. The van der Waals surface area contributed by atoms with E-state index in [1.807, 2.05) is 20.8 Å². The minimum Gasteiger partial charge on any atom is -0.324 e. The molecule has 0 aliphatic heterocycles. The van der Waals surface area contributed by atoms with Crippen LogP contribution in [0.4, 0.5) is 10.1 Å². The lowest BCUT2D eigenvalue weighted by Gasteiger charge is -2.19. The molecule has 8 heteroatoms. The number of aromatic nitrogens is 4. The molecule has 2 aromatic heterocycles. The second-order valence-electron chi connectivity index (χ2n) is 6.99. The normalized spacial score (nSPS) is 11.7. The molecule has 0 aliphatic carbocycles. The van der Waals surface area contributed by atoms with Crippen LogP contribution >= 0.6 is 0 Å². The first-order chi connectivity index (χ1) is 12.3. The topological polar surface area (TPSA) is 81.8 Å². The molecule has 136 valence electrons. The molecule has 0 bridgehead atoms. The third kappa shape index (κ3) is 3.49. The molecule has 1 N–H and O–H groups in total. The van der Waals surface area contributed by atoms with Crippen LogP contribution in [0.15, 0.2) is 41.6 Å². The van der Waals surface area contributed by atoms with Gasteiger partial charge in [-0.2, -0.15) is 5.10 Å². The van der Waals surface area contributed by atoms with Crippen molar-refractivity contribution in [1.29, 1.82) is 0 Å². The number of aryl methyl sites for hydroxylation is 1. The summed E-state index contributed by atoms with van der Waals surface area (Å²) in [5.74, 6) is -0.886. The van der Waals surface area contributed by atoms with Gasteiger partial charge in [-0.1, -0.05) is 12.1 Å². The molecule has 0 saturated carbocycles. The Morgan fingerprint density at radius 2 is 2.00 bits per heavy atom. The van der Waals surface area contributed by atoms with E-state index in [0.29, 0.717) is 11.0 Å². The first-order valence-corrected chi connectivity index (χ1v) is 8.25. The lowest BCUT2D eigenvalue weighted by molar-refractivity contribution is -0.116. The minimum absolute atomic E-state index is 0.0227. The zero-order valence-corrected chi connectivity index (χ0v) is 14.9. The van der Waals surface area contributed by atoms with Gasteiger partial charge in [0, 0.05) is 13.0 Å². The molecule has 2 heterocycles. The number of halogens is 1. The van der Waals surface area contributed by atoms with Crippen molar-refractivity contribution in [3.8, 4) is 0 Å². The Morgan fingerprint density at radius 3 is 2.69 bits per heavy atom. The molecule has 3 aromatic rings. The lowest BCUT2D eigenvalue weighted by Crippen LogP contribution is -2.26. The fraction of sp³-hybridized carbons (Fsp3) is 0.333. The van der Waals surface area contributed by atoms with E-state index in [2.05, 4.69) is 15.4 Å². The first-order valence-electron chi connectivity index (χ1n) is 8.25. The first kappa shape index (κ1) is 17.8. The van der Waals surface area contributed by atoms with Crippen LogP contribution in [-0.2, 0) is 16.9 Å². The molecule has 0 spiro atoms. The third-order valence-corrected chi connectivity index (χ3v) is 3.92. The number of hydrogen-bond acceptors (Lipinski definition) is 4. The number of amides is 1. The maximum atomic E-state index is 13.6. The summed E-state index contributed by atoms with van der Waals surface area (Å²) >= 11 is 0.